The fourth-order valence-corrected chi connectivity index (χ4v) is 2.08. The van der Waals surface area contributed by atoms with Gasteiger partial charge in [0, 0.05) is 24.7 Å². The van der Waals surface area contributed by atoms with Gasteiger partial charge in [-0.25, -0.2) is 0 Å². The number of hydrogen-bond donors (Lipinski definition) is 2. The van der Waals surface area contributed by atoms with Gasteiger partial charge in [-0.1, -0.05) is 12.1 Å². The normalized spacial score (nSPS) is 12.8. The lowest BCUT2D eigenvalue weighted by Gasteiger charge is -2.13. The molecule has 0 amide bonds. The Morgan fingerprint density at radius 1 is 1.47 bits per heavy atom. The number of nitrogens with two attached hydrogens (primary N) is 1. The van der Waals surface area contributed by atoms with Crippen molar-refractivity contribution in [2.24, 2.45) is 12.8 Å². The van der Waals surface area contributed by atoms with E-state index in [1.165, 1.54) is 0 Å². The monoisotopic (exact) mass is 232 g/mol. The molecule has 0 saturated carbocycles. The van der Waals surface area contributed by atoms with Crippen LogP contribution in [0.2, 0.25) is 0 Å². The summed E-state index contributed by atoms with van der Waals surface area (Å²) in [5.74, 6) is -0.931. The van der Waals surface area contributed by atoms with Crippen molar-refractivity contribution in [3.05, 3.63) is 36.0 Å². The maximum Gasteiger partial charge on any atom is 0.304 e. The topological polar surface area (TPSA) is 68.2 Å². The van der Waals surface area contributed by atoms with E-state index in [0.717, 1.165) is 16.5 Å². The Labute approximate surface area is 99.7 Å². The van der Waals surface area contributed by atoms with Crippen LogP contribution in [0.5, 0.6) is 0 Å². The van der Waals surface area contributed by atoms with Crippen LogP contribution in [0, 0.1) is 0 Å². The molecule has 1 aromatic heterocycles. The molecule has 1 unspecified atom stereocenters. The summed E-state index contributed by atoms with van der Waals surface area (Å²) in [6.45, 7) is 0.349. The maximum absolute atomic E-state index is 10.8. The Morgan fingerprint density at radius 2 is 2.24 bits per heavy atom. The minimum absolute atomic E-state index is 0.0758. The van der Waals surface area contributed by atoms with Gasteiger partial charge in [0.15, 0.2) is 0 Å². The standard InChI is InChI=1S/C13H16N2O2/c1-15-5-4-9-2-3-10(6-12(9)15)11(8-14)7-13(16)17/h2-6,11H,7-8,14H2,1H3,(H,16,17). The minimum atomic E-state index is -0.813. The van der Waals surface area contributed by atoms with Crippen molar-refractivity contribution in [2.75, 3.05) is 6.54 Å². The van der Waals surface area contributed by atoms with E-state index in [0.29, 0.717) is 6.54 Å². The molecule has 0 fully saturated rings. The van der Waals surface area contributed by atoms with Gasteiger partial charge in [0.05, 0.1) is 6.42 Å². The minimum Gasteiger partial charge on any atom is -0.481 e. The number of rotatable bonds is 4. The van der Waals surface area contributed by atoms with Gasteiger partial charge in [-0.3, -0.25) is 4.79 Å². The van der Waals surface area contributed by atoms with Gasteiger partial charge in [0.2, 0.25) is 0 Å². The molecule has 4 heteroatoms. The number of aryl methyl sites for hydroxylation is 1. The second-order valence-electron chi connectivity index (χ2n) is 4.28. The van der Waals surface area contributed by atoms with E-state index in [2.05, 4.69) is 0 Å². The fourth-order valence-electron chi connectivity index (χ4n) is 2.08. The third kappa shape index (κ3) is 2.31. The second kappa shape index (κ2) is 4.59. The molecule has 0 aliphatic heterocycles. The largest absolute Gasteiger partial charge is 0.481 e. The summed E-state index contributed by atoms with van der Waals surface area (Å²) < 4.78 is 2.02. The van der Waals surface area contributed by atoms with Crippen LogP contribution in [-0.2, 0) is 11.8 Å². The quantitative estimate of drug-likeness (QED) is 0.843. The van der Waals surface area contributed by atoms with Crippen LogP contribution in [0.15, 0.2) is 30.5 Å². The first-order chi connectivity index (χ1) is 8.11. The molecule has 1 aromatic carbocycles. The summed E-state index contributed by atoms with van der Waals surface area (Å²) in [5.41, 5.74) is 7.73. The van der Waals surface area contributed by atoms with Crippen LogP contribution in [0.1, 0.15) is 17.9 Å². The van der Waals surface area contributed by atoms with Gasteiger partial charge in [0.1, 0.15) is 0 Å². The Morgan fingerprint density at radius 3 is 2.88 bits per heavy atom. The van der Waals surface area contributed by atoms with Crippen molar-refractivity contribution in [3.63, 3.8) is 0 Å². The molecule has 0 aliphatic rings. The summed E-state index contributed by atoms with van der Waals surface area (Å²) in [5, 5.41) is 10.00. The van der Waals surface area contributed by atoms with Crippen LogP contribution < -0.4 is 5.73 Å². The third-order valence-electron chi connectivity index (χ3n) is 3.09. The van der Waals surface area contributed by atoms with Crippen molar-refractivity contribution in [3.8, 4) is 0 Å². The Balaban J connectivity index is 2.39. The van der Waals surface area contributed by atoms with E-state index >= 15 is 0 Å². The van der Waals surface area contributed by atoms with Crippen LogP contribution in [-0.4, -0.2) is 22.2 Å². The summed E-state index contributed by atoms with van der Waals surface area (Å²) >= 11 is 0. The highest BCUT2D eigenvalue weighted by Gasteiger charge is 2.14. The molecule has 3 N–H and O–H groups in total. The highest BCUT2D eigenvalue weighted by Crippen LogP contribution is 2.23. The molecule has 2 rings (SSSR count). The first-order valence-electron chi connectivity index (χ1n) is 5.58. The van der Waals surface area contributed by atoms with Crippen molar-refractivity contribution in [1.29, 1.82) is 0 Å². The van der Waals surface area contributed by atoms with Crippen LogP contribution in [0.3, 0.4) is 0 Å². The lowest BCUT2D eigenvalue weighted by molar-refractivity contribution is -0.137. The van der Waals surface area contributed by atoms with Gasteiger partial charge in [0.25, 0.3) is 0 Å². The van der Waals surface area contributed by atoms with E-state index in [1.807, 2.05) is 42.1 Å². The predicted molar refractivity (Wildman–Crippen MR) is 67.0 cm³/mol. The number of hydrogen-bond acceptors (Lipinski definition) is 2. The van der Waals surface area contributed by atoms with Gasteiger partial charge in [-0.2, -0.15) is 0 Å². The Hall–Kier alpha value is -1.81. The first kappa shape index (κ1) is 11.7. The Kier molecular flexibility index (Phi) is 3.15. The molecule has 0 saturated heterocycles. The number of carboxylic acid groups (broad SMARTS) is 1. The lowest BCUT2D eigenvalue weighted by atomic mass is 9.95. The molecule has 0 bridgehead atoms. The van der Waals surface area contributed by atoms with Crippen LogP contribution >= 0.6 is 0 Å². The van der Waals surface area contributed by atoms with E-state index in [9.17, 15) is 4.79 Å². The number of aromatic nitrogens is 1. The number of benzene rings is 1. The van der Waals surface area contributed by atoms with Crippen molar-refractivity contribution in [1.82, 2.24) is 4.57 Å². The molecule has 0 spiro atoms. The van der Waals surface area contributed by atoms with E-state index in [1.54, 1.807) is 0 Å². The molecule has 1 heterocycles. The molecular formula is C13H16N2O2. The maximum atomic E-state index is 10.8. The summed E-state index contributed by atoms with van der Waals surface area (Å²) in [6, 6.07) is 8.03. The van der Waals surface area contributed by atoms with Gasteiger partial charge < -0.3 is 15.4 Å². The average molecular weight is 232 g/mol. The first-order valence-corrected chi connectivity index (χ1v) is 5.58. The zero-order valence-corrected chi connectivity index (χ0v) is 9.76. The number of aliphatic carboxylic acids is 1. The highest BCUT2D eigenvalue weighted by atomic mass is 16.4. The number of fused-ring (bicyclic) bond motifs is 1. The summed E-state index contributed by atoms with van der Waals surface area (Å²) in [7, 11) is 1.97. The zero-order valence-electron chi connectivity index (χ0n) is 9.76. The van der Waals surface area contributed by atoms with E-state index in [4.69, 9.17) is 10.8 Å². The predicted octanol–water partition coefficient (Wildman–Crippen LogP) is 1.70. The Bertz CT molecular complexity index is 545. The van der Waals surface area contributed by atoms with Crippen LogP contribution in [0.25, 0.3) is 10.9 Å². The fraction of sp³-hybridized carbons (Fsp3) is 0.308. The SMILES string of the molecule is Cn1ccc2ccc(C(CN)CC(=O)O)cc21. The van der Waals surface area contributed by atoms with Gasteiger partial charge in [-0.15, -0.1) is 0 Å². The van der Waals surface area contributed by atoms with E-state index < -0.39 is 5.97 Å². The van der Waals surface area contributed by atoms with Crippen molar-refractivity contribution >= 4 is 16.9 Å². The third-order valence-corrected chi connectivity index (χ3v) is 3.09. The lowest BCUT2D eigenvalue weighted by Crippen LogP contribution is -2.16. The second-order valence-corrected chi connectivity index (χ2v) is 4.28. The molecule has 90 valence electrons. The molecule has 2 aromatic rings. The molecular weight excluding hydrogens is 216 g/mol. The number of carbonyl (C=O) groups is 1. The van der Waals surface area contributed by atoms with Crippen LogP contribution in [0.4, 0.5) is 0 Å². The van der Waals surface area contributed by atoms with Gasteiger partial charge in [-0.05, 0) is 29.6 Å². The smallest absolute Gasteiger partial charge is 0.304 e. The molecule has 4 nitrogen and oxygen atoms in total. The number of carboxylic acids is 1. The molecule has 0 radical (unpaired) electrons. The molecule has 17 heavy (non-hydrogen) atoms. The molecule has 0 aliphatic carbocycles. The van der Waals surface area contributed by atoms with Crippen molar-refractivity contribution in [2.45, 2.75) is 12.3 Å². The summed E-state index contributed by atoms with van der Waals surface area (Å²) in [4.78, 5) is 10.8. The van der Waals surface area contributed by atoms with Crippen molar-refractivity contribution < 1.29 is 9.90 Å². The molecule has 1 atom stereocenters. The summed E-state index contributed by atoms with van der Waals surface area (Å²) in [6.07, 6.45) is 2.07. The number of nitrogens with zero attached hydrogens (tertiary/aromatic N) is 1. The average Bonchev–Trinajstić information content (AvgIpc) is 2.67. The van der Waals surface area contributed by atoms with Gasteiger partial charge >= 0.3 is 5.97 Å². The van der Waals surface area contributed by atoms with E-state index in [-0.39, 0.29) is 12.3 Å². The zero-order chi connectivity index (χ0) is 12.4. The highest BCUT2D eigenvalue weighted by molar-refractivity contribution is 5.81.